The van der Waals surface area contributed by atoms with Gasteiger partial charge in [-0.05, 0) is 28.1 Å². The average molecular weight is 377 g/mol. The molecule has 8 heteroatoms. The Bertz CT molecular complexity index is 689. The van der Waals surface area contributed by atoms with Gasteiger partial charge < -0.3 is 5.32 Å². The second-order valence-corrected chi connectivity index (χ2v) is 5.60. The number of anilines is 1. The smallest absolute Gasteiger partial charge is 0.287 e. The average Bonchev–Trinajstić information content (AvgIpc) is 2.45. The Balaban J connectivity index is 2.40. The Morgan fingerprint density at radius 1 is 1.30 bits per heavy atom. The van der Waals surface area contributed by atoms with E-state index < -0.39 is 16.3 Å². The number of benzene rings is 1. The summed E-state index contributed by atoms with van der Waals surface area (Å²) in [7, 11) is 0. The molecule has 0 saturated heterocycles. The molecule has 0 saturated carbocycles. The zero-order valence-electron chi connectivity index (χ0n) is 9.89. The van der Waals surface area contributed by atoms with Crippen LogP contribution in [0.1, 0.15) is 0 Å². The molecule has 0 radical (unpaired) electrons. The molecule has 20 heavy (non-hydrogen) atoms. The minimum Gasteiger partial charge on any atom is -0.321 e. The van der Waals surface area contributed by atoms with E-state index in [0.29, 0.717) is 5.69 Å². The van der Waals surface area contributed by atoms with Crippen molar-refractivity contribution in [2.24, 2.45) is 0 Å². The maximum atomic E-state index is 12.2. The van der Waals surface area contributed by atoms with E-state index in [0.717, 1.165) is 0 Å². The van der Waals surface area contributed by atoms with Crippen LogP contribution in [0.4, 0.5) is 5.69 Å². The summed E-state index contributed by atoms with van der Waals surface area (Å²) in [5.41, 5.74) is 0.414. The highest BCUT2D eigenvalue weighted by atomic mass is 79.9. The number of carbonyl (C=O) groups is 1. The summed E-state index contributed by atoms with van der Waals surface area (Å²) in [6.07, 6.45) is 1.34. The molecule has 104 valence electrons. The van der Waals surface area contributed by atoms with Crippen LogP contribution in [0.25, 0.3) is 5.69 Å². The van der Waals surface area contributed by atoms with Crippen LogP contribution in [0.5, 0.6) is 0 Å². The summed E-state index contributed by atoms with van der Waals surface area (Å²) in [5, 5.41) is 6.40. The standard InChI is InChI=1S/C12H8BrCl2N3O2/c13-9-8(17-11(19)10(14)15)6-16-18(12(9)20)7-4-2-1-3-5-7/h1-6,10H,(H,17,19). The van der Waals surface area contributed by atoms with Crippen LogP contribution in [0.15, 0.2) is 45.8 Å². The fourth-order valence-corrected chi connectivity index (χ4v) is 1.94. The molecule has 0 bridgehead atoms. The van der Waals surface area contributed by atoms with Gasteiger partial charge in [-0.15, -0.1) is 0 Å². The monoisotopic (exact) mass is 375 g/mol. The second-order valence-electron chi connectivity index (χ2n) is 3.71. The molecule has 1 N–H and O–H groups in total. The molecule has 0 aliphatic carbocycles. The summed E-state index contributed by atoms with van der Waals surface area (Å²) >= 11 is 14.0. The minimum absolute atomic E-state index is 0.165. The minimum atomic E-state index is -1.22. The molecular weight excluding hydrogens is 369 g/mol. The molecule has 0 spiro atoms. The van der Waals surface area contributed by atoms with E-state index >= 15 is 0 Å². The SMILES string of the molecule is O=C(Nc1cnn(-c2ccccc2)c(=O)c1Br)C(Cl)Cl. The molecule has 0 aliphatic rings. The summed E-state index contributed by atoms with van der Waals surface area (Å²) in [6.45, 7) is 0. The van der Waals surface area contributed by atoms with Crippen molar-refractivity contribution in [2.75, 3.05) is 5.32 Å². The first-order chi connectivity index (χ1) is 9.50. The maximum Gasteiger partial charge on any atom is 0.287 e. The first-order valence-corrected chi connectivity index (χ1v) is 7.09. The van der Waals surface area contributed by atoms with Crippen molar-refractivity contribution in [3.05, 3.63) is 51.4 Å². The van der Waals surface area contributed by atoms with Gasteiger partial charge in [0.25, 0.3) is 11.5 Å². The second kappa shape index (κ2) is 6.39. The van der Waals surface area contributed by atoms with Gasteiger partial charge in [0.15, 0.2) is 4.84 Å². The van der Waals surface area contributed by atoms with Crippen molar-refractivity contribution < 1.29 is 4.79 Å². The number of carbonyl (C=O) groups excluding carboxylic acids is 1. The molecule has 2 aromatic rings. The quantitative estimate of drug-likeness (QED) is 0.837. The van der Waals surface area contributed by atoms with Gasteiger partial charge in [-0.3, -0.25) is 9.59 Å². The zero-order chi connectivity index (χ0) is 14.7. The molecule has 0 fully saturated rings. The predicted octanol–water partition coefficient (Wildman–Crippen LogP) is 2.74. The summed E-state index contributed by atoms with van der Waals surface area (Å²) in [4.78, 5) is 22.4. The van der Waals surface area contributed by atoms with E-state index in [2.05, 4.69) is 26.3 Å². The number of nitrogens with one attached hydrogen (secondary N) is 1. The highest BCUT2D eigenvalue weighted by molar-refractivity contribution is 9.10. The lowest BCUT2D eigenvalue weighted by molar-refractivity contribution is -0.114. The third-order valence-corrected chi connectivity index (χ3v) is 3.54. The van der Waals surface area contributed by atoms with Crippen LogP contribution in [-0.2, 0) is 4.79 Å². The first-order valence-electron chi connectivity index (χ1n) is 5.43. The Morgan fingerprint density at radius 3 is 2.55 bits per heavy atom. The van der Waals surface area contributed by atoms with Crippen molar-refractivity contribution in [3.63, 3.8) is 0 Å². The normalized spacial score (nSPS) is 10.6. The molecule has 0 aliphatic heterocycles. The van der Waals surface area contributed by atoms with Crippen LogP contribution in [0.2, 0.25) is 0 Å². The Kier molecular flexibility index (Phi) is 4.80. The highest BCUT2D eigenvalue weighted by Gasteiger charge is 2.16. The fourth-order valence-electron chi connectivity index (χ4n) is 1.46. The number of hydrogen-bond acceptors (Lipinski definition) is 3. The fraction of sp³-hybridized carbons (Fsp3) is 0.0833. The van der Waals surface area contributed by atoms with Crippen LogP contribution in [0.3, 0.4) is 0 Å². The van der Waals surface area contributed by atoms with Crippen molar-refractivity contribution in [1.29, 1.82) is 0 Å². The number of halogens is 3. The lowest BCUT2D eigenvalue weighted by Gasteiger charge is -2.09. The van der Waals surface area contributed by atoms with Gasteiger partial charge in [0.2, 0.25) is 0 Å². The van der Waals surface area contributed by atoms with E-state index in [4.69, 9.17) is 23.2 Å². The van der Waals surface area contributed by atoms with Crippen molar-refractivity contribution in [3.8, 4) is 5.69 Å². The molecule has 0 atom stereocenters. The lowest BCUT2D eigenvalue weighted by atomic mass is 10.3. The van der Waals surface area contributed by atoms with E-state index in [-0.39, 0.29) is 10.2 Å². The van der Waals surface area contributed by atoms with Gasteiger partial charge in [0.05, 0.1) is 17.6 Å². The topological polar surface area (TPSA) is 64.0 Å². The van der Waals surface area contributed by atoms with E-state index in [1.165, 1.54) is 10.9 Å². The van der Waals surface area contributed by atoms with Gasteiger partial charge >= 0.3 is 0 Å². The third-order valence-electron chi connectivity index (χ3n) is 2.38. The van der Waals surface area contributed by atoms with E-state index in [9.17, 15) is 9.59 Å². The van der Waals surface area contributed by atoms with Crippen LogP contribution in [0, 0.1) is 0 Å². The zero-order valence-corrected chi connectivity index (χ0v) is 13.0. The summed E-state index contributed by atoms with van der Waals surface area (Å²) in [5.74, 6) is -0.632. The van der Waals surface area contributed by atoms with Crippen LogP contribution >= 0.6 is 39.1 Å². The third kappa shape index (κ3) is 3.20. The molecule has 0 unspecified atom stereocenters. The molecule has 2 rings (SSSR count). The summed E-state index contributed by atoms with van der Waals surface area (Å²) in [6, 6.07) is 8.90. The largest absolute Gasteiger partial charge is 0.321 e. The molecule has 1 amide bonds. The molecular formula is C12H8BrCl2N3O2. The van der Waals surface area contributed by atoms with E-state index in [1.54, 1.807) is 24.3 Å². The molecule has 5 nitrogen and oxygen atoms in total. The first kappa shape index (κ1) is 15.0. The number of alkyl halides is 2. The van der Waals surface area contributed by atoms with Gasteiger partial charge in [-0.25, -0.2) is 0 Å². The number of amides is 1. The van der Waals surface area contributed by atoms with Crippen molar-refractivity contribution >= 4 is 50.7 Å². The van der Waals surface area contributed by atoms with Crippen molar-refractivity contribution in [2.45, 2.75) is 4.84 Å². The molecule has 1 heterocycles. The van der Waals surface area contributed by atoms with Gasteiger partial charge in [0, 0.05) is 0 Å². The Labute approximate surface area is 132 Å². The van der Waals surface area contributed by atoms with Gasteiger partial charge in [-0.2, -0.15) is 9.78 Å². The number of para-hydroxylation sites is 1. The molecule has 1 aromatic heterocycles. The van der Waals surface area contributed by atoms with Gasteiger partial charge in [-0.1, -0.05) is 41.4 Å². The Hall–Kier alpha value is -1.37. The number of rotatable bonds is 3. The van der Waals surface area contributed by atoms with Crippen LogP contribution < -0.4 is 10.9 Å². The number of hydrogen-bond donors (Lipinski definition) is 1. The number of aromatic nitrogens is 2. The highest BCUT2D eigenvalue weighted by Crippen LogP contribution is 2.18. The summed E-state index contributed by atoms with van der Waals surface area (Å²) < 4.78 is 1.37. The lowest BCUT2D eigenvalue weighted by Crippen LogP contribution is -2.25. The predicted molar refractivity (Wildman–Crippen MR) is 81.7 cm³/mol. The van der Waals surface area contributed by atoms with Crippen molar-refractivity contribution in [1.82, 2.24) is 9.78 Å². The van der Waals surface area contributed by atoms with E-state index in [1.807, 2.05) is 6.07 Å². The Morgan fingerprint density at radius 2 is 1.95 bits per heavy atom. The maximum absolute atomic E-state index is 12.2. The molecule has 1 aromatic carbocycles. The van der Waals surface area contributed by atoms with Gasteiger partial charge in [0.1, 0.15) is 4.47 Å². The van der Waals surface area contributed by atoms with Crippen LogP contribution in [-0.4, -0.2) is 20.5 Å². The number of nitrogens with zero attached hydrogens (tertiary/aromatic N) is 2.